The number of likely N-dealkylation sites (tertiary alicyclic amines) is 2. The van der Waals surface area contributed by atoms with E-state index in [2.05, 4.69) is 27.1 Å². The SMILES string of the molecule is O=C(c1ccc(-c2ccncc2)s1)N1CC[C@@H](C(=O)N2CCC(O)(CN3C=c4ncccc4=NC3)CC2)[C@H](c2ccccc2)C1. The van der Waals surface area contributed by atoms with Crippen LogP contribution >= 0.6 is 11.3 Å². The third kappa shape index (κ3) is 6.25. The van der Waals surface area contributed by atoms with Crippen molar-refractivity contribution in [2.75, 3.05) is 39.4 Å². The number of benzene rings is 1. The average molecular weight is 621 g/mol. The second kappa shape index (κ2) is 12.5. The molecular weight excluding hydrogens is 584 g/mol. The van der Waals surface area contributed by atoms with E-state index in [0.29, 0.717) is 63.5 Å². The van der Waals surface area contributed by atoms with Gasteiger partial charge in [0.15, 0.2) is 0 Å². The summed E-state index contributed by atoms with van der Waals surface area (Å²) in [5.41, 5.74) is 1.21. The number of β-amino-alcohol motifs (C(OH)–C–C–N with tert-alkyl or cyclic N) is 1. The standard InChI is InChI=1S/C35H36N6O3S/c42-33(40-19-13-35(44,14-20-40)23-39-22-30-29(38-24-39)7-4-15-37-30)27-12-18-41(21-28(27)25-5-2-1-3-6-25)34(43)32-9-8-31(45-32)26-10-16-36-17-11-26/h1-11,15-17,22,27-28,44H,12-14,18-21,23-24H2/t27-,28+/m1/s1. The van der Waals surface area contributed by atoms with E-state index in [1.54, 1.807) is 18.6 Å². The fourth-order valence-electron chi connectivity index (χ4n) is 6.78. The Morgan fingerprint density at radius 3 is 2.51 bits per heavy atom. The van der Waals surface area contributed by atoms with E-state index >= 15 is 0 Å². The first-order valence-corrected chi connectivity index (χ1v) is 16.3. The molecule has 9 nitrogen and oxygen atoms in total. The minimum absolute atomic E-state index is 0.00856. The van der Waals surface area contributed by atoms with Gasteiger partial charge in [-0.05, 0) is 66.8 Å². The number of hydrogen-bond acceptors (Lipinski definition) is 8. The molecule has 0 unspecified atom stereocenters. The molecule has 3 aromatic heterocycles. The number of pyridine rings is 2. The number of nitrogens with zero attached hydrogens (tertiary/aromatic N) is 6. The van der Waals surface area contributed by atoms with Crippen LogP contribution in [0.15, 0.2) is 90.3 Å². The summed E-state index contributed by atoms with van der Waals surface area (Å²) in [6.45, 7) is 2.96. The van der Waals surface area contributed by atoms with E-state index in [1.165, 1.54) is 11.3 Å². The molecule has 2 atom stereocenters. The Labute approximate surface area is 266 Å². The van der Waals surface area contributed by atoms with Crippen LogP contribution in [0.1, 0.15) is 40.4 Å². The summed E-state index contributed by atoms with van der Waals surface area (Å²) in [5, 5.41) is 13.2. The summed E-state index contributed by atoms with van der Waals surface area (Å²) in [4.78, 5) is 48.4. The van der Waals surface area contributed by atoms with Gasteiger partial charge in [0.1, 0.15) is 12.0 Å². The number of rotatable bonds is 6. The van der Waals surface area contributed by atoms with Gasteiger partial charge in [-0.3, -0.25) is 24.5 Å². The predicted molar refractivity (Wildman–Crippen MR) is 173 cm³/mol. The number of aliphatic hydroxyl groups is 1. The van der Waals surface area contributed by atoms with Crippen LogP contribution in [-0.2, 0) is 4.79 Å². The zero-order valence-corrected chi connectivity index (χ0v) is 25.9. The topological polar surface area (TPSA) is 102 Å². The number of piperidine rings is 2. The first-order chi connectivity index (χ1) is 22.0. The molecule has 1 N–H and O–H groups in total. The Morgan fingerprint density at radius 2 is 1.71 bits per heavy atom. The van der Waals surface area contributed by atoms with Crippen LogP contribution in [-0.4, -0.2) is 86.6 Å². The van der Waals surface area contributed by atoms with Crippen molar-refractivity contribution >= 4 is 29.4 Å². The zero-order valence-electron chi connectivity index (χ0n) is 25.0. The number of aromatic nitrogens is 2. The highest BCUT2D eigenvalue weighted by Gasteiger charge is 2.42. The number of carbonyl (C=O) groups excluding carboxylic acids is 2. The van der Waals surface area contributed by atoms with Crippen LogP contribution in [0.25, 0.3) is 16.6 Å². The molecule has 1 aromatic carbocycles. The van der Waals surface area contributed by atoms with Crippen LogP contribution in [0.4, 0.5) is 0 Å². The highest BCUT2D eigenvalue weighted by Crippen LogP contribution is 2.37. The molecule has 0 spiro atoms. The summed E-state index contributed by atoms with van der Waals surface area (Å²) in [5.74, 6) is -0.204. The molecule has 2 fully saturated rings. The second-order valence-corrected chi connectivity index (χ2v) is 13.3. The van der Waals surface area contributed by atoms with Crippen molar-refractivity contribution in [3.8, 4) is 10.4 Å². The van der Waals surface area contributed by atoms with Crippen molar-refractivity contribution in [1.82, 2.24) is 24.7 Å². The molecule has 0 aliphatic carbocycles. The predicted octanol–water partition coefficient (Wildman–Crippen LogP) is 3.14. The molecule has 2 saturated heterocycles. The Kier molecular flexibility index (Phi) is 8.16. The largest absolute Gasteiger partial charge is 0.388 e. The van der Waals surface area contributed by atoms with Crippen molar-refractivity contribution in [3.05, 3.63) is 106 Å². The second-order valence-electron chi connectivity index (χ2n) is 12.2. The molecule has 3 aliphatic rings. The lowest BCUT2D eigenvalue weighted by Crippen LogP contribution is -2.55. The van der Waals surface area contributed by atoms with Gasteiger partial charge in [-0.2, -0.15) is 0 Å². The third-order valence-electron chi connectivity index (χ3n) is 9.27. The normalized spacial score (nSPS) is 21.0. The van der Waals surface area contributed by atoms with Crippen LogP contribution in [0.3, 0.4) is 0 Å². The van der Waals surface area contributed by atoms with E-state index in [9.17, 15) is 14.7 Å². The van der Waals surface area contributed by atoms with Crippen molar-refractivity contribution in [2.24, 2.45) is 10.9 Å². The van der Waals surface area contributed by atoms with Gasteiger partial charge in [-0.1, -0.05) is 30.3 Å². The van der Waals surface area contributed by atoms with Crippen molar-refractivity contribution < 1.29 is 14.7 Å². The van der Waals surface area contributed by atoms with Crippen LogP contribution in [0.2, 0.25) is 0 Å². The maximum absolute atomic E-state index is 14.1. The van der Waals surface area contributed by atoms with Crippen molar-refractivity contribution in [1.29, 1.82) is 0 Å². The summed E-state index contributed by atoms with van der Waals surface area (Å²) >= 11 is 1.49. The van der Waals surface area contributed by atoms with Gasteiger partial charge in [0, 0.05) is 74.2 Å². The molecule has 10 heteroatoms. The molecule has 3 aliphatic heterocycles. The van der Waals surface area contributed by atoms with Crippen LogP contribution in [0.5, 0.6) is 0 Å². The summed E-state index contributed by atoms with van der Waals surface area (Å²) in [6, 6.07) is 21.7. The van der Waals surface area contributed by atoms with Crippen molar-refractivity contribution in [2.45, 2.75) is 30.8 Å². The smallest absolute Gasteiger partial charge is 0.263 e. The molecule has 45 heavy (non-hydrogen) atoms. The summed E-state index contributed by atoms with van der Waals surface area (Å²) < 4.78 is 0. The quantitative estimate of drug-likeness (QED) is 0.356. The first kappa shape index (κ1) is 29.3. The highest BCUT2D eigenvalue weighted by atomic mass is 32.1. The monoisotopic (exact) mass is 620 g/mol. The minimum atomic E-state index is -0.903. The zero-order chi connectivity index (χ0) is 30.8. The van der Waals surface area contributed by atoms with E-state index in [1.807, 2.05) is 75.5 Å². The number of hydrogen-bond donors (Lipinski definition) is 1. The number of amides is 2. The fourth-order valence-corrected chi connectivity index (χ4v) is 7.76. The van der Waals surface area contributed by atoms with Gasteiger partial charge in [-0.25, -0.2) is 0 Å². The maximum Gasteiger partial charge on any atom is 0.263 e. The molecular formula is C35H36N6O3S. The lowest BCUT2D eigenvalue weighted by atomic mass is 9.79. The minimum Gasteiger partial charge on any atom is -0.388 e. The molecule has 0 radical (unpaired) electrons. The molecule has 7 rings (SSSR count). The lowest BCUT2D eigenvalue weighted by molar-refractivity contribution is -0.142. The molecule has 0 saturated carbocycles. The van der Waals surface area contributed by atoms with E-state index in [4.69, 9.17) is 0 Å². The highest BCUT2D eigenvalue weighted by molar-refractivity contribution is 7.17. The molecule has 4 aromatic rings. The first-order valence-electron chi connectivity index (χ1n) is 15.5. The molecule has 6 heterocycles. The van der Waals surface area contributed by atoms with E-state index in [-0.39, 0.29) is 23.7 Å². The Balaban J connectivity index is 1.02. The molecule has 0 bridgehead atoms. The van der Waals surface area contributed by atoms with Gasteiger partial charge in [0.2, 0.25) is 5.91 Å². The van der Waals surface area contributed by atoms with Gasteiger partial charge in [-0.15, -0.1) is 11.3 Å². The third-order valence-corrected chi connectivity index (χ3v) is 10.4. The fraction of sp³-hybridized carbons (Fsp3) is 0.343. The van der Waals surface area contributed by atoms with Crippen molar-refractivity contribution in [3.63, 3.8) is 0 Å². The van der Waals surface area contributed by atoms with Crippen LogP contribution in [0, 0.1) is 5.92 Å². The Hall–Kier alpha value is -4.41. The lowest BCUT2D eigenvalue weighted by Gasteiger charge is -2.44. The Morgan fingerprint density at radius 1 is 0.911 bits per heavy atom. The average Bonchev–Trinajstić information content (AvgIpc) is 3.59. The number of thiophene rings is 1. The van der Waals surface area contributed by atoms with Gasteiger partial charge in [0.05, 0.1) is 15.8 Å². The molecule has 230 valence electrons. The van der Waals surface area contributed by atoms with E-state index < -0.39 is 5.60 Å². The van der Waals surface area contributed by atoms with Gasteiger partial charge < -0.3 is 19.8 Å². The van der Waals surface area contributed by atoms with E-state index in [0.717, 1.165) is 26.7 Å². The maximum atomic E-state index is 14.1. The number of carbonyl (C=O) groups is 2. The summed E-state index contributed by atoms with van der Waals surface area (Å²) in [6.07, 6.45) is 8.83. The van der Waals surface area contributed by atoms with Crippen LogP contribution < -0.4 is 10.7 Å². The van der Waals surface area contributed by atoms with Gasteiger partial charge >= 0.3 is 0 Å². The molecule has 2 amide bonds. The van der Waals surface area contributed by atoms with Gasteiger partial charge in [0.25, 0.3) is 5.91 Å². The summed E-state index contributed by atoms with van der Waals surface area (Å²) in [7, 11) is 0. The number of fused-ring (bicyclic) bond motifs is 1. The Bertz CT molecular complexity index is 1790.